The summed E-state index contributed by atoms with van der Waals surface area (Å²) in [4.78, 5) is 5.11. The largest absolute Gasteiger partial charge is 0.417 e. The van der Waals surface area contributed by atoms with Gasteiger partial charge >= 0.3 is 6.18 Å². The SMILES string of the molecule is Cn1c(-c2ccccc2C(F)(F)F)nnc1C12CCC(/C=N/OC(=N)C3CC(F)(F)C3)(CC1)CC2. The number of fused-ring (bicyclic) bond motifs is 3. The molecular weight excluding hydrogens is 469 g/mol. The van der Waals surface area contributed by atoms with Crippen LogP contribution >= 0.6 is 0 Å². The lowest BCUT2D eigenvalue weighted by Gasteiger charge is -2.51. The number of aromatic nitrogens is 3. The third-order valence-corrected chi connectivity index (χ3v) is 8.07. The van der Waals surface area contributed by atoms with Crippen LogP contribution in [0.25, 0.3) is 11.4 Å². The number of benzene rings is 1. The molecule has 0 aliphatic heterocycles. The number of hydrogen-bond donors (Lipinski definition) is 1. The summed E-state index contributed by atoms with van der Waals surface area (Å²) in [7, 11) is 1.72. The van der Waals surface area contributed by atoms with E-state index in [9.17, 15) is 22.0 Å². The van der Waals surface area contributed by atoms with Gasteiger partial charge in [-0.3, -0.25) is 5.41 Å². The molecule has 35 heavy (non-hydrogen) atoms. The third-order valence-electron chi connectivity index (χ3n) is 8.07. The molecule has 4 aliphatic rings. The summed E-state index contributed by atoms with van der Waals surface area (Å²) in [5.41, 5.74) is -1.20. The maximum absolute atomic E-state index is 13.5. The summed E-state index contributed by atoms with van der Waals surface area (Å²) < 4.78 is 68.3. The fourth-order valence-electron chi connectivity index (χ4n) is 5.81. The van der Waals surface area contributed by atoms with Gasteiger partial charge in [-0.05, 0) is 44.6 Å². The second-order valence-electron chi connectivity index (χ2n) is 10.2. The van der Waals surface area contributed by atoms with Crippen molar-refractivity contribution in [1.82, 2.24) is 14.8 Å². The quantitative estimate of drug-likeness (QED) is 0.235. The van der Waals surface area contributed by atoms with Gasteiger partial charge in [-0.15, -0.1) is 10.2 Å². The molecule has 6 rings (SSSR count). The van der Waals surface area contributed by atoms with E-state index in [2.05, 4.69) is 15.4 Å². The Bertz CT molecular complexity index is 1140. The van der Waals surface area contributed by atoms with Crippen LogP contribution in [0, 0.1) is 16.7 Å². The Kier molecular flexibility index (Phi) is 5.52. The monoisotopic (exact) mass is 495 g/mol. The minimum atomic E-state index is -4.49. The second-order valence-corrected chi connectivity index (χ2v) is 10.2. The summed E-state index contributed by atoms with van der Waals surface area (Å²) >= 11 is 0. The summed E-state index contributed by atoms with van der Waals surface area (Å²) in [5, 5.41) is 20.3. The molecule has 1 aromatic carbocycles. The van der Waals surface area contributed by atoms with Crippen LogP contribution in [0.4, 0.5) is 22.0 Å². The molecule has 4 aliphatic carbocycles. The van der Waals surface area contributed by atoms with E-state index in [0.717, 1.165) is 44.6 Å². The number of hydrogen-bond acceptors (Lipinski definition) is 5. The van der Waals surface area contributed by atoms with Crippen molar-refractivity contribution in [2.24, 2.45) is 23.5 Å². The highest BCUT2D eigenvalue weighted by Crippen LogP contribution is 2.57. The molecule has 2 bridgehead atoms. The number of nitrogens with one attached hydrogen (secondary N) is 1. The van der Waals surface area contributed by atoms with Crippen molar-refractivity contribution in [3.05, 3.63) is 35.7 Å². The van der Waals surface area contributed by atoms with E-state index >= 15 is 0 Å². The van der Waals surface area contributed by atoms with Crippen molar-refractivity contribution in [3.8, 4) is 11.4 Å². The molecule has 0 radical (unpaired) electrons. The van der Waals surface area contributed by atoms with Crippen LogP contribution in [0.1, 0.15) is 62.8 Å². The van der Waals surface area contributed by atoms with Gasteiger partial charge in [-0.2, -0.15) is 13.2 Å². The lowest BCUT2D eigenvalue weighted by Crippen LogP contribution is -2.46. The molecule has 4 saturated carbocycles. The molecule has 0 atom stereocenters. The van der Waals surface area contributed by atoms with Gasteiger partial charge < -0.3 is 9.40 Å². The Labute approximate surface area is 199 Å². The average molecular weight is 495 g/mol. The first-order valence-electron chi connectivity index (χ1n) is 11.7. The average Bonchev–Trinajstić information content (AvgIpc) is 3.20. The lowest BCUT2D eigenvalue weighted by molar-refractivity contribution is -0.137. The minimum absolute atomic E-state index is 0.00886. The van der Waals surface area contributed by atoms with Crippen LogP contribution in [-0.4, -0.2) is 32.8 Å². The zero-order valence-electron chi connectivity index (χ0n) is 19.2. The Hall–Kier alpha value is -2.85. The molecule has 188 valence electrons. The smallest absolute Gasteiger partial charge is 0.342 e. The van der Waals surface area contributed by atoms with Gasteiger partial charge in [0.05, 0.1) is 11.8 Å². The fourth-order valence-corrected chi connectivity index (χ4v) is 5.81. The molecule has 1 aromatic heterocycles. The van der Waals surface area contributed by atoms with Crippen molar-refractivity contribution >= 4 is 12.1 Å². The van der Waals surface area contributed by atoms with Gasteiger partial charge in [-0.25, -0.2) is 8.78 Å². The highest BCUT2D eigenvalue weighted by molar-refractivity contribution is 5.77. The zero-order chi connectivity index (χ0) is 25.1. The van der Waals surface area contributed by atoms with Crippen LogP contribution < -0.4 is 0 Å². The molecule has 0 spiro atoms. The third kappa shape index (κ3) is 4.23. The maximum atomic E-state index is 13.5. The van der Waals surface area contributed by atoms with E-state index in [-0.39, 0.29) is 41.0 Å². The molecule has 2 aromatic rings. The van der Waals surface area contributed by atoms with Crippen molar-refractivity contribution in [3.63, 3.8) is 0 Å². The molecule has 1 heterocycles. The number of rotatable bonds is 5. The number of alkyl halides is 5. The summed E-state index contributed by atoms with van der Waals surface area (Å²) in [6, 6.07) is 5.39. The number of nitrogens with zero attached hydrogens (tertiary/aromatic N) is 4. The van der Waals surface area contributed by atoms with E-state index in [1.165, 1.54) is 12.1 Å². The molecule has 0 unspecified atom stereocenters. The van der Waals surface area contributed by atoms with E-state index in [1.54, 1.807) is 23.9 Å². The molecule has 4 fully saturated rings. The van der Waals surface area contributed by atoms with Gasteiger partial charge in [0.25, 0.3) is 0 Å². The summed E-state index contributed by atoms with van der Waals surface area (Å²) in [5.74, 6) is -2.64. The van der Waals surface area contributed by atoms with E-state index in [4.69, 9.17) is 10.2 Å². The predicted molar refractivity (Wildman–Crippen MR) is 118 cm³/mol. The first-order chi connectivity index (χ1) is 16.4. The van der Waals surface area contributed by atoms with Crippen molar-refractivity contribution < 1.29 is 26.8 Å². The Balaban J connectivity index is 1.29. The Morgan fingerprint density at radius 3 is 2.31 bits per heavy atom. The van der Waals surface area contributed by atoms with Gasteiger partial charge in [0, 0.05) is 42.2 Å². The molecule has 11 heteroatoms. The standard InChI is InChI=1S/C24H26F5N5O/c1-34-19(16-4-2-3-5-17(16)24(27,28)29)32-33-20(34)22-9-6-21(7-10-22,8-11-22)14-31-35-18(30)15-12-23(25,26)13-15/h2-5,14-15,30H,6-13H2,1H3/b30-18?,31-14+. The molecule has 0 amide bonds. The van der Waals surface area contributed by atoms with Crippen LogP contribution in [0.2, 0.25) is 0 Å². The molecule has 1 N–H and O–H groups in total. The molecular formula is C24H26F5N5O. The Morgan fingerprint density at radius 1 is 1.09 bits per heavy atom. The first-order valence-corrected chi connectivity index (χ1v) is 11.7. The molecule has 6 nitrogen and oxygen atoms in total. The first kappa shape index (κ1) is 23.9. The minimum Gasteiger partial charge on any atom is -0.342 e. The second kappa shape index (κ2) is 8.09. The summed E-state index contributed by atoms with van der Waals surface area (Å²) in [6.07, 6.45) is 1.16. The molecule has 0 saturated heterocycles. The highest BCUT2D eigenvalue weighted by atomic mass is 19.4. The van der Waals surface area contributed by atoms with Gasteiger partial charge in [-0.1, -0.05) is 23.4 Å². The van der Waals surface area contributed by atoms with E-state index < -0.39 is 23.6 Å². The van der Waals surface area contributed by atoms with Crippen molar-refractivity contribution in [2.45, 2.75) is 68.9 Å². The number of oxime groups is 1. The fraction of sp³-hybridized carbons (Fsp3) is 0.583. The predicted octanol–water partition coefficient (Wildman–Crippen LogP) is 6.12. The van der Waals surface area contributed by atoms with Gasteiger partial charge in [0.2, 0.25) is 11.8 Å². The maximum Gasteiger partial charge on any atom is 0.417 e. The van der Waals surface area contributed by atoms with Crippen LogP contribution in [0.15, 0.2) is 29.4 Å². The van der Waals surface area contributed by atoms with Gasteiger partial charge in [0.1, 0.15) is 5.82 Å². The lowest BCUT2D eigenvalue weighted by atomic mass is 9.54. The van der Waals surface area contributed by atoms with E-state index in [0.29, 0.717) is 5.82 Å². The number of halogens is 5. The van der Waals surface area contributed by atoms with Crippen molar-refractivity contribution in [1.29, 1.82) is 5.41 Å². The van der Waals surface area contributed by atoms with E-state index in [1.807, 2.05) is 0 Å². The summed E-state index contributed by atoms with van der Waals surface area (Å²) in [6.45, 7) is 0. The van der Waals surface area contributed by atoms with Crippen molar-refractivity contribution in [2.75, 3.05) is 0 Å². The van der Waals surface area contributed by atoms with Crippen LogP contribution in [0.3, 0.4) is 0 Å². The topological polar surface area (TPSA) is 76.2 Å². The zero-order valence-corrected chi connectivity index (χ0v) is 19.2. The van der Waals surface area contributed by atoms with Crippen LogP contribution in [-0.2, 0) is 23.5 Å². The normalized spacial score (nSPS) is 28.3. The van der Waals surface area contributed by atoms with Crippen LogP contribution in [0.5, 0.6) is 0 Å². The highest BCUT2D eigenvalue weighted by Gasteiger charge is 2.52. The van der Waals surface area contributed by atoms with Gasteiger partial charge in [0.15, 0.2) is 5.82 Å². The Morgan fingerprint density at radius 2 is 1.71 bits per heavy atom.